The van der Waals surface area contributed by atoms with Crippen LogP contribution in [0.4, 0.5) is 5.69 Å². The molecule has 0 radical (unpaired) electrons. The first-order valence-electron chi connectivity index (χ1n) is 8.15. The molecule has 0 fully saturated rings. The lowest BCUT2D eigenvalue weighted by molar-refractivity contribution is 0.601. The topological polar surface area (TPSA) is 63.5 Å². The Labute approximate surface area is 152 Å². The highest BCUT2D eigenvalue weighted by Crippen LogP contribution is 2.25. The van der Waals surface area contributed by atoms with Crippen molar-refractivity contribution >= 4 is 21.4 Å². The molecule has 6 heteroatoms. The first kappa shape index (κ1) is 16.4. The summed E-state index contributed by atoms with van der Waals surface area (Å²) in [6.07, 6.45) is 3.88. The molecule has 26 heavy (non-hydrogen) atoms. The third-order valence-electron chi connectivity index (χ3n) is 4.14. The molecular weight excluding hydrogens is 346 g/mol. The molecule has 0 atom stereocenters. The molecule has 0 aliphatic rings. The van der Waals surface area contributed by atoms with Crippen LogP contribution in [0.1, 0.15) is 5.56 Å². The Morgan fingerprint density at radius 1 is 0.962 bits per heavy atom. The van der Waals surface area contributed by atoms with Gasteiger partial charge in [0.25, 0.3) is 10.0 Å². The second kappa shape index (κ2) is 6.31. The highest BCUT2D eigenvalue weighted by molar-refractivity contribution is 7.92. The van der Waals surface area contributed by atoms with E-state index in [-0.39, 0.29) is 4.90 Å². The monoisotopic (exact) mass is 363 g/mol. The zero-order chi connectivity index (χ0) is 18.1. The van der Waals surface area contributed by atoms with Gasteiger partial charge in [-0.3, -0.25) is 4.72 Å². The van der Waals surface area contributed by atoms with Crippen LogP contribution in [0.2, 0.25) is 0 Å². The van der Waals surface area contributed by atoms with Gasteiger partial charge in [0.05, 0.1) is 10.6 Å². The largest absolute Gasteiger partial charge is 0.306 e. The molecule has 0 saturated heterocycles. The summed E-state index contributed by atoms with van der Waals surface area (Å²) in [5.74, 6) is 0. The van der Waals surface area contributed by atoms with Crippen LogP contribution < -0.4 is 4.72 Å². The van der Waals surface area contributed by atoms with Crippen molar-refractivity contribution < 1.29 is 8.42 Å². The Kier molecular flexibility index (Phi) is 3.97. The van der Waals surface area contributed by atoms with Gasteiger partial charge in [-0.25, -0.2) is 13.4 Å². The molecule has 0 saturated carbocycles. The molecule has 0 aliphatic carbocycles. The summed E-state index contributed by atoms with van der Waals surface area (Å²) in [5, 5.41) is 0. The molecular formula is C20H17N3O2S. The number of fused-ring (bicyclic) bond motifs is 1. The van der Waals surface area contributed by atoms with Crippen molar-refractivity contribution in [2.45, 2.75) is 11.8 Å². The van der Waals surface area contributed by atoms with Crippen LogP contribution in [-0.4, -0.2) is 17.8 Å². The minimum Gasteiger partial charge on any atom is -0.306 e. The van der Waals surface area contributed by atoms with Gasteiger partial charge in [0.1, 0.15) is 5.65 Å². The van der Waals surface area contributed by atoms with Gasteiger partial charge in [0.2, 0.25) is 0 Å². The average Bonchev–Trinajstić information content (AvgIpc) is 3.08. The summed E-state index contributed by atoms with van der Waals surface area (Å²) in [6, 6.07) is 19.5. The molecule has 2 aromatic carbocycles. The van der Waals surface area contributed by atoms with Gasteiger partial charge in [0, 0.05) is 23.6 Å². The van der Waals surface area contributed by atoms with Gasteiger partial charge in [-0.05, 0) is 42.8 Å². The van der Waals surface area contributed by atoms with Crippen molar-refractivity contribution in [1.82, 2.24) is 9.38 Å². The number of hydrogen-bond donors (Lipinski definition) is 1. The van der Waals surface area contributed by atoms with E-state index in [1.54, 1.807) is 42.5 Å². The normalized spacial score (nSPS) is 11.6. The number of rotatable bonds is 4. The van der Waals surface area contributed by atoms with E-state index in [0.29, 0.717) is 5.69 Å². The Bertz CT molecular complexity index is 1180. The van der Waals surface area contributed by atoms with Crippen LogP contribution in [0, 0.1) is 6.92 Å². The maximum absolute atomic E-state index is 12.5. The van der Waals surface area contributed by atoms with Crippen molar-refractivity contribution in [2.24, 2.45) is 0 Å². The summed E-state index contributed by atoms with van der Waals surface area (Å²) in [6.45, 7) is 2.01. The third kappa shape index (κ3) is 3.07. The highest BCUT2D eigenvalue weighted by Gasteiger charge is 2.14. The second-order valence-electron chi connectivity index (χ2n) is 6.05. The maximum Gasteiger partial charge on any atom is 0.261 e. The van der Waals surface area contributed by atoms with Crippen LogP contribution in [0.5, 0.6) is 0 Å². The van der Waals surface area contributed by atoms with Crippen LogP contribution in [0.3, 0.4) is 0 Å². The van der Waals surface area contributed by atoms with Crippen molar-refractivity contribution in [1.29, 1.82) is 0 Å². The molecule has 1 N–H and O–H groups in total. The van der Waals surface area contributed by atoms with Crippen LogP contribution in [-0.2, 0) is 10.0 Å². The number of nitrogens with one attached hydrogen (secondary N) is 1. The van der Waals surface area contributed by atoms with E-state index < -0.39 is 10.0 Å². The molecule has 0 amide bonds. The molecule has 0 bridgehead atoms. The first-order valence-corrected chi connectivity index (χ1v) is 9.64. The summed E-state index contributed by atoms with van der Waals surface area (Å²) in [7, 11) is -3.62. The lowest BCUT2D eigenvalue weighted by Gasteiger charge is -2.09. The lowest BCUT2D eigenvalue weighted by Crippen LogP contribution is -2.12. The molecule has 0 spiro atoms. The van der Waals surface area contributed by atoms with E-state index in [9.17, 15) is 8.42 Å². The van der Waals surface area contributed by atoms with Crippen molar-refractivity contribution in [2.75, 3.05) is 4.72 Å². The number of benzene rings is 2. The summed E-state index contributed by atoms with van der Waals surface area (Å²) < 4.78 is 29.6. The minimum atomic E-state index is -3.62. The van der Waals surface area contributed by atoms with Crippen molar-refractivity contribution in [3.63, 3.8) is 0 Å². The fourth-order valence-corrected chi connectivity index (χ4v) is 3.92. The first-order chi connectivity index (χ1) is 12.5. The van der Waals surface area contributed by atoms with Crippen LogP contribution in [0.15, 0.2) is 84.0 Å². The highest BCUT2D eigenvalue weighted by atomic mass is 32.2. The minimum absolute atomic E-state index is 0.230. The fraction of sp³-hybridized carbons (Fsp3) is 0.0500. The molecule has 4 aromatic rings. The lowest BCUT2D eigenvalue weighted by atomic mass is 10.1. The van der Waals surface area contributed by atoms with E-state index >= 15 is 0 Å². The van der Waals surface area contributed by atoms with Crippen LogP contribution in [0.25, 0.3) is 16.9 Å². The van der Waals surface area contributed by atoms with E-state index in [1.807, 2.05) is 48.0 Å². The number of hydrogen-bond acceptors (Lipinski definition) is 3. The van der Waals surface area contributed by atoms with Gasteiger partial charge in [-0.2, -0.15) is 0 Å². The predicted octanol–water partition coefficient (Wildman–Crippen LogP) is 4.11. The van der Waals surface area contributed by atoms with Crippen molar-refractivity contribution in [3.05, 3.63) is 84.7 Å². The van der Waals surface area contributed by atoms with E-state index in [0.717, 1.165) is 22.5 Å². The zero-order valence-corrected chi connectivity index (χ0v) is 14.9. The quantitative estimate of drug-likeness (QED) is 0.593. The van der Waals surface area contributed by atoms with Gasteiger partial charge in [0.15, 0.2) is 0 Å². The summed E-state index contributed by atoms with van der Waals surface area (Å²) in [5.41, 5.74) is 4.11. The van der Waals surface area contributed by atoms with Gasteiger partial charge < -0.3 is 4.40 Å². The Morgan fingerprint density at radius 2 is 1.77 bits per heavy atom. The van der Waals surface area contributed by atoms with Gasteiger partial charge in [-0.15, -0.1) is 0 Å². The average molecular weight is 363 g/mol. The molecule has 0 aliphatic heterocycles. The molecule has 130 valence electrons. The third-order valence-corrected chi connectivity index (χ3v) is 5.54. The van der Waals surface area contributed by atoms with E-state index in [1.165, 1.54) is 0 Å². The van der Waals surface area contributed by atoms with Gasteiger partial charge >= 0.3 is 0 Å². The Hall–Kier alpha value is -3.12. The SMILES string of the molecule is Cc1cccn2cc(-c3cccc(NS(=O)(=O)c4ccccc4)c3)nc12. The van der Waals surface area contributed by atoms with Crippen molar-refractivity contribution in [3.8, 4) is 11.3 Å². The smallest absolute Gasteiger partial charge is 0.261 e. The van der Waals surface area contributed by atoms with E-state index in [4.69, 9.17) is 0 Å². The van der Waals surface area contributed by atoms with Gasteiger partial charge in [-0.1, -0.05) is 36.4 Å². The fourth-order valence-electron chi connectivity index (χ4n) is 2.85. The van der Waals surface area contributed by atoms with Crippen LogP contribution >= 0.6 is 0 Å². The predicted molar refractivity (Wildman–Crippen MR) is 103 cm³/mol. The molecule has 5 nitrogen and oxygen atoms in total. The Morgan fingerprint density at radius 3 is 2.54 bits per heavy atom. The maximum atomic E-state index is 12.5. The number of anilines is 1. The molecule has 4 rings (SSSR count). The standard InChI is InChI=1S/C20H17N3O2S/c1-15-7-6-12-23-14-19(21-20(15)23)16-8-5-9-17(13-16)22-26(24,25)18-10-3-2-4-11-18/h2-14,22H,1H3. The Balaban J connectivity index is 1.69. The number of nitrogens with zero attached hydrogens (tertiary/aromatic N) is 2. The molecule has 0 unspecified atom stereocenters. The van der Waals surface area contributed by atoms with E-state index in [2.05, 4.69) is 9.71 Å². The zero-order valence-electron chi connectivity index (χ0n) is 14.1. The number of pyridine rings is 1. The molecule has 2 aromatic heterocycles. The molecule has 2 heterocycles. The number of aryl methyl sites for hydroxylation is 1. The second-order valence-corrected chi connectivity index (χ2v) is 7.73. The summed E-state index contributed by atoms with van der Waals surface area (Å²) >= 11 is 0. The number of aromatic nitrogens is 2. The number of sulfonamides is 1. The number of imidazole rings is 1. The summed E-state index contributed by atoms with van der Waals surface area (Å²) in [4.78, 5) is 4.89.